The van der Waals surface area contributed by atoms with Crippen LogP contribution in [0.15, 0.2) is 24.9 Å². The van der Waals surface area contributed by atoms with E-state index in [-0.39, 0.29) is 0 Å². The van der Waals surface area contributed by atoms with E-state index in [1.54, 1.807) is 12.3 Å². The first kappa shape index (κ1) is 9.25. The van der Waals surface area contributed by atoms with Gasteiger partial charge in [0.05, 0.1) is 0 Å². The fourth-order valence-electron chi connectivity index (χ4n) is 1.76. The third-order valence-electron chi connectivity index (χ3n) is 2.58. The molecular weight excluding hydrogens is 174 g/mol. The van der Waals surface area contributed by atoms with Crippen LogP contribution in [-0.2, 0) is 0 Å². The Morgan fingerprint density at radius 1 is 1.36 bits per heavy atom. The minimum Gasteiger partial charge on any atom is -0.474 e. The average Bonchev–Trinajstić information content (AvgIpc) is 2.72. The van der Waals surface area contributed by atoms with E-state index in [1.165, 1.54) is 25.7 Å². The predicted octanol–water partition coefficient (Wildman–Crippen LogP) is 3.05. The normalized spacial score (nSPS) is 16.9. The smallest absolute Gasteiger partial charge is 0.213 e. The maximum Gasteiger partial charge on any atom is 0.213 e. The molecule has 1 aliphatic rings. The highest BCUT2D eigenvalue weighted by atomic mass is 16.5. The second kappa shape index (κ2) is 4.27. The van der Waals surface area contributed by atoms with Gasteiger partial charge in [-0.3, -0.25) is 0 Å². The van der Waals surface area contributed by atoms with E-state index in [4.69, 9.17) is 4.74 Å². The summed E-state index contributed by atoms with van der Waals surface area (Å²) in [4.78, 5) is 4.22. The van der Waals surface area contributed by atoms with Crippen molar-refractivity contribution in [3.63, 3.8) is 0 Å². The maximum absolute atomic E-state index is 5.73. The number of nitrogens with zero attached hydrogens (tertiary/aromatic N) is 1. The molecule has 74 valence electrons. The lowest BCUT2D eigenvalue weighted by Crippen LogP contribution is -2.11. The summed E-state index contributed by atoms with van der Waals surface area (Å²) in [6.45, 7) is 3.68. The maximum atomic E-state index is 5.73. The molecule has 1 aromatic rings. The van der Waals surface area contributed by atoms with Crippen LogP contribution in [0.2, 0.25) is 0 Å². The van der Waals surface area contributed by atoms with Gasteiger partial charge < -0.3 is 4.74 Å². The van der Waals surface area contributed by atoms with Gasteiger partial charge in [-0.1, -0.05) is 12.7 Å². The van der Waals surface area contributed by atoms with Crippen molar-refractivity contribution in [2.24, 2.45) is 0 Å². The molecule has 0 amide bonds. The van der Waals surface area contributed by atoms with Crippen LogP contribution in [-0.4, -0.2) is 11.1 Å². The molecule has 0 bridgehead atoms. The number of hydrogen-bond acceptors (Lipinski definition) is 2. The van der Waals surface area contributed by atoms with Crippen molar-refractivity contribution in [3.05, 3.63) is 30.5 Å². The van der Waals surface area contributed by atoms with E-state index in [0.717, 1.165) is 11.4 Å². The molecule has 1 heterocycles. The van der Waals surface area contributed by atoms with Crippen molar-refractivity contribution in [1.82, 2.24) is 4.98 Å². The van der Waals surface area contributed by atoms with Crippen molar-refractivity contribution in [1.29, 1.82) is 0 Å². The van der Waals surface area contributed by atoms with Gasteiger partial charge in [-0.05, 0) is 37.3 Å². The lowest BCUT2D eigenvalue weighted by atomic mass is 10.3. The van der Waals surface area contributed by atoms with E-state index in [2.05, 4.69) is 11.6 Å². The fraction of sp³-hybridized carbons (Fsp3) is 0.417. The molecule has 0 radical (unpaired) electrons. The van der Waals surface area contributed by atoms with Crippen molar-refractivity contribution in [2.75, 3.05) is 0 Å². The summed E-state index contributed by atoms with van der Waals surface area (Å²) in [5, 5.41) is 0. The Bertz CT molecular complexity index is 299. The van der Waals surface area contributed by atoms with Crippen LogP contribution in [0.25, 0.3) is 6.08 Å². The number of hydrogen-bond donors (Lipinski definition) is 0. The first-order valence-corrected chi connectivity index (χ1v) is 5.13. The van der Waals surface area contributed by atoms with Crippen molar-refractivity contribution in [3.8, 4) is 5.88 Å². The van der Waals surface area contributed by atoms with Crippen LogP contribution in [0.3, 0.4) is 0 Å². The van der Waals surface area contributed by atoms with Gasteiger partial charge >= 0.3 is 0 Å². The minimum atomic E-state index is 0.386. The number of rotatable bonds is 3. The largest absolute Gasteiger partial charge is 0.474 e. The molecular formula is C12H15NO. The van der Waals surface area contributed by atoms with Gasteiger partial charge in [0.2, 0.25) is 5.88 Å². The molecule has 1 aliphatic carbocycles. The fourth-order valence-corrected chi connectivity index (χ4v) is 1.76. The first-order valence-electron chi connectivity index (χ1n) is 5.13. The third kappa shape index (κ3) is 2.13. The van der Waals surface area contributed by atoms with Gasteiger partial charge in [0, 0.05) is 12.3 Å². The Morgan fingerprint density at radius 2 is 2.14 bits per heavy atom. The van der Waals surface area contributed by atoms with E-state index >= 15 is 0 Å². The quantitative estimate of drug-likeness (QED) is 0.729. The molecule has 2 heteroatoms. The molecule has 1 aromatic heterocycles. The summed E-state index contributed by atoms with van der Waals surface area (Å²) >= 11 is 0. The molecule has 0 aliphatic heterocycles. The molecule has 0 N–H and O–H groups in total. The number of ether oxygens (including phenoxy) is 1. The third-order valence-corrected chi connectivity index (χ3v) is 2.58. The highest BCUT2D eigenvalue weighted by molar-refractivity contribution is 5.45. The van der Waals surface area contributed by atoms with Crippen LogP contribution >= 0.6 is 0 Å². The standard InChI is InChI=1S/C12H15NO/c1-2-10-7-8-12(13-9-10)14-11-5-3-4-6-11/h2,7-9,11H,1,3-6H2. The van der Waals surface area contributed by atoms with Gasteiger partial charge in [0.25, 0.3) is 0 Å². The molecule has 2 rings (SSSR count). The second-order valence-electron chi connectivity index (χ2n) is 3.66. The lowest BCUT2D eigenvalue weighted by molar-refractivity contribution is 0.201. The first-order chi connectivity index (χ1) is 6.88. The van der Waals surface area contributed by atoms with Gasteiger partial charge in [-0.25, -0.2) is 4.98 Å². The molecule has 0 aromatic carbocycles. The van der Waals surface area contributed by atoms with Crippen LogP contribution in [0.4, 0.5) is 0 Å². The van der Waals surface area contributed by atoms with Crippen LogP contribution in [0.5, 0.6) is 5.88 Å². The van der Waals surface area contributed by atoms with Gasteiger partial charge in [0.15, 0.2) is 0 Å². The Hall–Kier alpha value is -1.31. The predicted molar refractivity (Wildman–Crippen MR) is 57.2 cm³/mol. The van der Waals surface area contributed by atoms with E-state index < -0.39 is 0 Å². The summed E-state index contributed by atoms with van der Waals surface area (Å²) in [5.74, 6) is 0.738. The van der Waals surface area contributed by atoms with Crippen molar-refractivity contribution < 1.29 is 4.74 Å². The second-order valence-corrected chi connectivity index (χ2v) is 3.66. The molecule has 2 nitrogen and oxygen atoms in total. The summed E-state index contributed by atoms with van der Waals surface area (Å²) in [6.07, 6.45) is 8.88. The van der Waals surface area contributed by atoms with E-state index in [1.807, 2.05) is 12.1 Å². The zero-order valence-corrected chi connectivity index (χ0v) is 8.28. The summed E-state index contributed by atoms with van der Waals surface area (Å²) in [6, 6.07) is 3.89. The molecule has 0 atom stereocenters. The molecule has 0 unspecified atom stereocenters. The number of aromatic nitrogens is 1. The molecule has 14 heavy (non-hydrogen) atoms. The average molecular weight is 189 g/mol. The monoisotopic (exact) mass is 189 g/mol. The Labute approximate surface area is 84.6 Å². The van der Waals surface area contributed by atoms with Crippen LogP contribution in [0.1, 0.15) is 31.2 Å². The van der Waals surface area contributed by atoms with Crippen molar-refractivity contribution >= 4 is 6.08 Å². The molecule has 0 spiro atoms. The summed E-state index contributed by atoms with van der Waals surface area (Å²) in [7, 11) is 0. The minimum absolute atomic E-state index is 0.386. The molecule has 0 saturated heterocycles. The van der Waals surface area contributed by atoms with Crippen LogP contribution < -0.4 is 4.74 Å². The lowest BCUT2D eigenvalue weighted by Gasteiger charge is -2.11. The highest BCUT2D eigenvalue weighted by Gasteiger charge is 2.16. The van der Waals surface area contributed by atoms with Gasteiger partial charge in [-0.2, -0.15) is 0 Å². The zero-order valence-electron chi connectivity index (χ0n) is 8.28. The Kier molecular flexibility index (Phi) is 2.82. The van der Waals surface area contributed by atoms with Gasteiger partial charge in [0.1, 0.15) is 6.10 Å². The van der Waals surface area contributed by atoms with Crippen molar-refractivity contribution in [2.45, 2.75) is 31.8 Å². The summed E-state index contributed by atoms with van der Waals surface area (Å²) in [5.41, 5.74) is 1.03. The Morgan fingerprint density at radius 3 is 2.71 bits per heavy atom. The summed E-state index contributed by atoms with van der Waals surface area (Å²) < 4.78 is 5.73. The molecule has 1 saturated carbocycles. The zero-order chi connectivity index (χ0) is 9.80. The van der Waals surface area contributed by atoms with E-state index in [0.29, 0.717) is 6.10 Å². The van der Waals surface area contributed by atoms with E-state index in [9.17, 15) is 0 Å². The SMILES string of the molecule is C=Cc1ccc(OC2CCCC2)nc1. The van der Waals surface area contributed by atoms with Gasteiger partial charge in [-0.15, -0.1) is 0 Å². The highest BCUT2D eigenvalue weighted by Crippen LogP contribution is 2.22. The molecule has 1 fully saturated rings. The Balaban J connectivity index is 1.98. The topological polar surface area (TPSA) is 22.1 Å². The van der Waals surface area contributed by atoms with Crippen LogP contribution in [0, 0.1) is 0 Å². The number of pyridine rings is 1.